The number of hydrogen-bond acceptors (Lipinski definition) is 3. The van der Waals surface area contributed by atoms with E-state index in [0.29, 0.717) is 0 Å². The lowest BCUT2D eigenvalue weighted by Gasteiger charge is -1.91. The maximum absolute atomic E-state index is 9.37. The van der Waals surface area contributed by atoms with Gasteiger partial charge in [-0.1, -0.05) is 12.1 Å². The summed E-state index contributed by atoms with van der Waals surface area (Å²) in [6.45, 7) is 0. The molecule has 0 spiro atoms. The second kappa shape index (κ2) is 2.85. The van der Waals surface area contributed by atoms with E-state index in [1.54, 1.807) is 6.07 Å². The number of aromatic amines is 1. The van der Waals surface area contributed by atoms with Gasteiger partial charge in [0.15, 0.2) is 5.69 Å². The second-order valence-corrected chi connectivity index (χ2v) is 3.45. The molecule has 0 saturated heterocycles. The molecule has 0 atom stereocenters. The number of para-hydroxylation sites is 1. The number of aromatic hydroxyl groups is 1. The average molecular weight is 240 g/mol. The summed E-state index contributed by atoms with van der Waals surface area (Å²) in [4.78, 5) is 2.74. The number of H-pyrrole nitrogens is 1. The number of hydrogen-bond donors (Lipinski definition) is 3. The van der Waals surface area contributed by atoms with Crippen LogP contribution in [0.5, 0.6) is 5.88 Å². The van der Waals surface area contributed by atoms with Gasteiger partial charge in [-0.05, 0) is 22.0 Å². The Balaban J connectivity index is 2.93. The number of fused-ring (bicyclic) bond motifs is 1. The Morgan fingerprint density at radius 2 is 2.23 bits per heavy atom. The van der Waals surface area contributed by atoms with E-state index >= 15 is 0 Å². The van der Waals surface area contributed by atoms with Crippen molar-refractivity contribution in [1.82, 2.24) is 4.98 Å². The van der Waals surface area contributed by atoms with E-state index in [0.717, 1.165) is 15.4 Å². The summed E-state index contributed by atoms with van der Waals surface area (Å²) in [6.07, 6.45) is 0. The first-order chi connectivity index (χ1) is 6.24. The molecular weight excluding hydrogens is 234 g/mol. The standard InChI is InChI=1S/C8H6BrN3O/c9-5-3-1-2-4-6(5)11-8(13)7(4)12-10/h1-3,10-11,13H. The van der Waals surface area contributed by atoms with Gasteiger partial charge in [-0.25, -0.2) is 5.53 Å². The third kappa shape index (κ3) is 1.12. The first-order valence-corrected chi connectivity index (χ1v) is 4.40. The molecule has 13 heavy (non-hydrogen) atoms. The molecule has 66 valence electrons. The molecule has 0 aliphatic heterocycles. The highest BCUT2D eigenvalue weighted by Gasteiger charge is 2.10. The lowest BCUT2D eigenvalue weighted by Crippen LogP contribution is -1.68. The van der Waals surface area contributed by atoms with Crippen LogP contribution in [0.1, 0.15) is 0 Å². The van der Waals surface area contributed by atoms with Crippen LogP contribution in [-0.4, -0.2) is 10.1 Å². The normalized spacial score (nSPS) is 10.5. The molecule has 4 nitrogen and oxygen atoms in total. The third-order valence-corrected chi connectivity index (χ3v) is 2.51. The Hall–Kier alpha value is -1.36. The van der Waals surface area contributed by atoms with Crippen LogP contribution in [0, 0.1) is 5.53 Å². The molecule has 0 fully saturated rings. The van der Waals surface area contributed by atoms with Gasteiger partial charge < -0.3 is 10.1 Å². The summed E-state index contributed by atoms with van der Waals surface area (Å²) in [6, 6.07) is 5.48. The smallest absolute Gasteiger partial charge is 0.218 e. The number of halogens is 1. The lowest BCUT2D eigenvalue weighted by molar-refractivity contribution is 0.459. The minimum Gasteiger partial charge on any atom is -0.493 e. The molecule has 5 heteroatoms. The van der Waals surface area contributed by atoms with Crippen molar-refractivity contribution in [2.45, 2.75) is 0 Å². The summed E-state index contributed by atoms with van der Waals surface area (Å²) >= 11 is 3.33. The summed E-state index contributed by atoms with van der Waals surface area (Å²) in [5.41, 5.74) is 7.91. The Bertz CT molecular complexity index is 477. The molecule has 0 aliphatic rings. The van der Waals surface area contributed by atoms with Crippen molar-refractivity contribution in [2.75, 3.05) is 0 Å². The van der Waals surface area contributed by atoms with Gasteiger partial charge >= 0.3 is 0 Å². The molecule has 0 saturated carbocycles. The zero-order chi connectivity index (χ0) is 9.42. The quantitative estimate of drug-likeness (QED) is 0.657. The highest BCUT2D eigenvalue weighted by Crippen LogP contribution is 2.37. The Morgan fingerprint density at radius 1 is 1.46 bits per heavy atom. The summed E-state index contributed by atoms with van der Waals surface area (Å²) < 4.78 is 0.843. The van der Waals surface area contributed by atoms with Crippen molar-refractivity contribution in [2.24, 2.45) is 5.11 Å². The van der Waals surface area contributed by atoms with Gasteiger partial charge in [0.25, 0.3) is 0 Å². The third-order valence-electron chi connectivity index (χ3n) is 1.85. The number of rotatable bonds is 1. The number of nitrogens with one attached hydrogen (secondary N) is 2. The molecule has 0 aliphatic carbocycles. The van der Waals surface area contributed by atoms with Crippen LogP contribution in [0.15, 0.2) is 27.8 Å². The fraction of sp³-hybridized carbons (Fsp3) is 0. The zero-order valence-electron chi connectivity index (χ0n) is 6.50. The van der Waals surface area contributed by atoms with E-state index in [9.17, 15) is 5.11 Å². The van der Waals surface area contributed by atoms with E-state index < -0.39 is 0 Å². The van der Waals surface area contributed by atoms with Crippen molar-refractivity contribution >= 4 is 32.5 Å². The van der Waals surface area contributed by atoms with E-state index in [1.165, 1.54) is 0 Å². The molecule has 1 aromatic carbocycles. The van der Waals surface area contributed by atoms with Crippen molar-refractivity contribution in [3.05, 3.63) is 22.7 Å². The van der Waals surface area contributed by atoms with Crippen LogP contribution in [0.4, 0.5) is 5.69 Å². The summed E-state index contributed by atoms with van der Waals surface area (Å²) in [5, 5.41) is 13.4. The van der Waals surface area contributed by atoms with Crippen LogP contribution in [0.3, 0.4) is 0 Å². The predicted molar refractivity (Wildman–Crippen MR) is 52.5 cm³/mol. The molecule has 0 unspecified atom stereocenters. The van der Waals surface area contributed by atoms with Crippen LogP contribution in [-0.2, 0) is 0 Å². The van der Waals surface area contributed by atoms with Gasteiger partial charge in [0, 0.05) is 9.86 Å². The number of benzene rings is 1. The number of nitrogens with zero attached hydrogens (tertiary/aromatic N) is 1. The largest absolute Gasteiger partial charge is 0.493 e. The molecule has 3 N–H and O–H groups in total. The zero-order valence-corrected chi connectivity index (χ0v) is 8.09. The van der Waals surface area contributed by atoms with Gasteiger partial charge in [-0.2, -0.15) is 5.11 Å². The van der Waals surface area contributed by atoms with Crippen LogP contribution in [0.2, 0.25) is 0 Å². The number of aromatic nitrogens is 1. The van der Waals surface area contributed by atoms with Crippen molar-refractivity contribution in [1.29, 1.82) is 5.53 Å². The Labute approximate surface area is 82.2 Å². The Kier molecular flexibility index (Phi) is 1.81. The van der Waals surface area contributed by atoms with Crippen molar-refractivity contribution < 1.29 is 5.11 Å². The van der Waals surface area contributed by atoms with Gasteiger partial charge in [-0.3, -0.25) is 0 Å². The van der Waals surface area contributed by atoms with Gasteiger partial charge in [0.05, 0.1) is 5.52 Å². The topological polar surface area (TPSA) is 72.2 Å². The van der Waals surface area contributed by atoms with Crippen molar-refractivity contribution in [3.8, 4) is 5.88 Å². The van der Waals surface area contributed by atoms with E-state index in [-0.39, 0.29) is 11.6 Å². The molecule has 1 aromatic heterocycles. The van der Waals surface area contributed by atoms with Crippen LogP contribution >= 0.6 is 15.9 Å². The molecule has 0 radical (unpaired) electrons. The van der Waals surface area contributed by atoms with Crippen LogP contribution < -0.4 is 0 Å². The van der Waals surface area contributed by atoms with Crippen LogP contribution in [0.25, 0.3) is 10.9 Å². The average Bonchev–Trinajstić information content (AvgIpc) is 2.43. The molecule has 2 aromatic rings. The van der Waals surface area contributed by atoms with E-state index in [2.05, 4.69) is 26.0 Å². The lowest BCUT2D eigenvalue weighted by atomic mass is 10.2. The maximum atomic E-state index is 9.37. The van der Waals surface area contributed by atoms with Crippen molar-refractivity contribution in [3.63, 3.8) is 0 Å². The summed E-state index contributed by atoms with van der Waals surface area (Å²) in [7, 11) is 0. The molecular formula is C8H6BrN3O. The SMILES string of the molecule is N=Nc1c(O)[nH]c2c(Br)cccc12. The van der Waals surface area contributed by atoms with Gasteiger partial charge in [0.1, 0.15) is 0 Å². The van der Waals surface area contributed by atoms with E-state index in [1.807, 2.05) is 12.1 Å². The molecule has 0 bridgehead atoms. The first-order valence-electron chi connectivity index (χ1n) is 3.60. The highest BCUT2D eigenvalue weighted by molar-refractivity contribution is 9.10. The minimum atomic E-state index is -0.0723. The van der Waals surface area contributed by atoms with Gasteiger partial charge in [0.2, 0.25) is 5.88 Å². The molecule has 0 amide bonds. The minimum absolute atomic E-state index is 0.0723. The molecule has 2 rings (SSSR count). The maximum Gasteiger partial charge on any atom is 0.218 e. The Morgan fingerprint density at radius 3 is 2.92 bits per heavy atom. The predicted octanol–water partition coefficient (Wildman–Crippen LogP) is 3.30. The fourth-order valence-corrected chi connectivity index (χ4v) is 1.73. The summed E-state index contributed by atoms with van der Waals surface area (Å²) in [5.74, 6) is -0.0723. The molecule has 1 heterocycles. The first kappa shape index (κ1) is 8.25. The highest BCUT2D eigenvalue weighted by atomic mass is 79.9. The monoisotopic (exact) mass is 239 g/mol. The van der Waals surface area contributed by atoms with Gasteiger partial charge in [-0.15, -0.1) is 0 Å². The fourth-order valence-electron chi connectivity index (χ4n) is 1.27. The van der Waals surface area contributed by atoms with E-state index in [4.69, 9.17) is 5.53 Å². The second-order valence-electron chi connectivity index (χ2n) is 2.60.